The van der Waals surface area contributed by atoms with Gasteiger partial charge in [0, 0.05) is 19.3 Å². The summed E-state index contributed by atoms with van der Waals surface area (Å²) >= 11 is 0. The van der Waals surface area contributed by atoms with Gasteiger partial charge in [0.2, 0.25) is 0 Å². The zero-order valence-corrected chi connectivity index (χ0v) is 41.2. The fraction of sp³-hybridized carbons (Fsp3) is 0.727. The van der Waals surface area contributed by atoms with E-state index in [0.29, 0.717) is 12.8 Å². The Bertz CT molecular complexity index is 1260. The van der Waals surface area contributed by atoms with Gasteiger partial charge in [-0.05, 0) is 83.5 Å². The molecule has 2 atom stereocenters. The molecule has 0 radical (unpaired) electrons. The number of carboxylic acid groups (broad SMARTS) is 1. The van der Waals surface area contributed by atoms with Gasteiger partial charge in [-0.25, -0.2) is 0 Å². The van der Waals surface area contributed by atoms with Gasteiger partial charge in [-0.1, -0.05) is 177 Å². The van der Waals surface area contributed by atoms with Gasteiger partial charge >= 0.3 is 11.9 Å². The van der Waals surface area contributed by atoms with Crippen LogP contribution in [0, 0.1) is 0 Å². The minimum atomic E-state index is -1.13. The lowest BCUT2D eigenvalue weighted by Crippen LogP contribution is -2.55. The van der Waals surface area contributed by atoms with E-state index in [1.54, 1.807) is 21.1 Å². The molecule has 0 aromatic carbocycles. The summed E-state index contributed by atoms with van der Waals surface area (Å²) in [4.78, 5) is 37.0. The predicted octanol–water partition coefficient (Wildman–Crippen LogP) is 13.4. The Morgan fingerprint density at radius 3 is 1.37 bits per heavy atom. The third-order valence-corrected chi connectivity index (χ3v) is 11.1. The number of unbranched alkanes of at least 4 members (excludes halogenated alkanes) is 20. The van der Waals surface area contributed by atoms with Gasteiger partial charge in [0.1, 0.15) is 12.6 Å². The lowest BCUT2D eigenvalue weighted by molar-refractivity contribution is -0.889. The molecule has 0 aliphatic carbocycles. The van der Waals surface area contributed by atoms with Crippen molar-refractivity contribution in [3.63, 3.8) is 0 Å². The second-order valence-corrected chi connectivity index (χ2v) is 18.1. The maximum absolute atomic E-state index is 12.8. The van der Waals surface area contributed by atoms with E-state index in [1.807, 2.05) is 0 Å². The first-order valence-corrected chi connectivity index (χ1v) is 25.5. The quantitative estimate of drug-likeness (QED) is 0.0197. The first kappa shape index (κ1) is 59.8. The van der Waals surface area contributed by atoms with Crippen molar-refractivity contribution in [3.05, 3.63) is 72.9 Å². The van der Waals surface area contributed by atoms with Gasteiger partial charge in [-0.15, -0.1) is 0 Å². The summed E-state index contributed by atoms with van der Waals surface area (Å²) in [5.41, 5.74) is 0. The molecule has 0 aromatic rings. The highest BCUT2D eigenvalue weighted by Gasteiger charge is 2.25. The molecule has 63 heavy (non-hydrogen) atoms. The van der Waals surface area contributed by atoms with Crippen LogP contribution in [0.25, 0.3) is 0 Å². The van der Waals surface area contributed by atoms with Crippen molar-refractivity contribution in [2.24, 2.45) is 0 Å². The van der Waals surface area contributed by atoms with Crippen LogP contribution in [0.3, 0.4) is 0 Å². The van der Waals surface area contributed by atoms with Crippen LogP contribution in [0.15, 0.2) is 72.9 Å². The number of quaternary nitrogens is 1. The van der Waals surface area contributed by atoms with E-state index in [9.17, 15) is 19.5 Å². The van der Waals surface area contributed by atoms with Crippen LogP contribution in [-0.2, 0) is 28.6 Å². The maximum atomic E-state index is 12.8. The number of nitrogens with zero attached hydrogens (tertiary/aromatic N) is 1. The van der Waals surface area contributed by atoms with Crippen LogP contribution < -0.4 is 5.11 Å². The Hall–Kier alpha value is -3.23. The van der Waals surface area contributed by atoms with Crippen molar-refractivity contribution in [1.29, 1.82) is 0 Å². The van der Waals surface area contributed by atoms with Crippen molar-refractivity contribution < 1.29 is 38.2 Å². The highest BCUT2D eigenvalue weighted by atomic mass is 16.6. The fourth-order valence-electron chi connectivity index (χ4n) is 7.10. The molecule has 2 unspecified atom stereocenters. The number of esters is 2. The lowest BCUT2D eigenvalue weighted by atomic mass is 10.1. The molecule has 8 heteroatoms. The van der Waals surface area contributed by atoms with E-state index < -0.39 is 18.1 Å². The van der Waals surface area contributed by atoms with Gasteiger partial charge in [-0.3, -0.25) is 9.59 Å². The van der Waals surface area contributed by atoms with Crippen LogP contribution in [0.5, 0.6) is 0 Å². The molecule has 0 saturated carbocycles. The number of hydrogen-bond donors (Lipinski definition) is 0. The van der Waals surface area contributed by atoms with E-state index in [1.165, 1.54) is 70.6 Å². The van der Waals surface area contributed by atoms with Gasteiger partial charge < -0.3 is 28.6 Å². The topological polar surface area (TPSA) is 102 Å². The number of carbonyl (C=O) groups excluding carboxylic acids is 3. The SMILES string of the molecule is CCCCC/C=C/C/C=C/C/C=C/C/C=C/CCCCCCCC(=O)OCC(COCCC(C(=O)[O-])[N+](C)(C)C)OC(=O)CCCCCCC/C=C/C=C/CCCCCCCCC. The van der Waals surface area contributed by atoms with Gasteiger partial charge in [-0.2, -0.15) is 0 Å². The zero-order chi connectivity index (χ0) is 46.3. The molecule has 362 valence electrons. The normalized spacial score (nSPS) is 13.5. The molecule has 0 N–H and O–H groups in total. The van der Waals surface area contributed by atoms with E-state index in [4.69, 9.17) is 14.2 Å². The van der Waals surface area contributed by atoms with Crippen LogP contribution in [-0.4, -0.2) is 75.5 Å². The summed E-state index contributed by atoms with van der Waals surface area (Å²) in [6.07, 6.45) is 57.8. The van der Waals surface area contributed by atoms with Crippen molar-refractivity contribution in [2.75, 3.05) is 41.0 Å². The zero-order valence-electron chi connectivity index (χ0n) is 41.2. The standard InChI is InChI=1S/C55H95NO7/c1-6-8-10-12-14-16-18-20-22-24-26-27-28-30-31-33-35-37-39-41-43-45-53(57)62-50-51(49-61-48-47-52(55(59)60)56(3,4)5)63-54(58)46-44-42-40-38-36-34-32-29-25-23-21-19-17-15-13-11-9-7-2/h14,16,20,22-23,25-27,29-32,51-52H,6-13,15,17-19,21,24,28,33-50H2,1-5H3/b16-14+,22-20+,25-23+,27-26+,31-30+,32-29+. The van der Waals surface area contributed by atoms with Crippen molar-refractivity contribution in [1.82, 2.24) is 0 Å². The van der Waals surface area contributed by atoms with Crippen LogP contribution >= 0.6 is 0 Å². The number of ether oxygens (including phenoxy) is 3. The number of allylic oxidation sites excluding steroid dienone is 12. The number of aliphatic carboxylic acids is 1. The van der Waals surface area contributed by atoms with Crippen LogP contribution in [0.2, 0.25) is 0 Å². The smallest absolute Gasteiger partial charge is 0.306 e. The molecule has 0 spiro atoms. The highest BCUT2D eigenvalue weighted by molar-refractivity contribution is 5.70. The first-order chi connectivity index (χ1) is 30.6. The average molecular weight is 882 g/mol. The molecule has 0 aromatic heterocycles. The second kappa shape index (κ2) is 45.3. The summed E-state index contributed by atoms with van der Waals surface area (Å²) in [7, 11) is 5.40. The Morgan fingerprint density at radius 2 is 0.889 bits per heavy atom. The fourth-order valence-corrected chi connectivity index (χ4v) is 7.10. The summed E-state index contributed by atoms with van der Waals surface area (Å²) in [6.45, 7) is 4.60. The molecule has 8 nitrogen and oxygen atoms in total. The van der Waals surface area contributed by atoms with Crippen molar-refractivity contribution in [3.8, 4) is 0 Å². The van der Waals surface area contributed by atoms with Crippen LogP contribution in [0.1, 0.15) is 206 Å². The molecular formula is C55H95NO7. The van der Waals surface area contributed by atoms with Gasteiger partial charge in [0.15, 0.2) is 6.10 Å². The maximum Gasteiger partial charge on any atom is 0.306 e. The van der Waals surface area contributed by atoms with Gasteiger partial charge in [0.05, 0.1) is 40.3 Å². The van der Waals surface area contributed by atoms with Crippen molar-refractivity contribution >= 4 is 17.9 Å². The Labute approximate surface area is 387 Å². The van der Waals surface area contributed by atoms with Crippen LogP contribution in [0.4, 0.5) is 0 Å². The van der Waals surface area contributed by atoms with E-state index in [-0.39, 0.29) is 42.7 Å². The number of carbonyl (C=O) groups is 3. The molecule has 0 aliphatic heterocycles. The summed E-state index contributed by atoms with van der Waals surface area (Å²) in [5, 5.41) is 11.7. The summed E-state index contributed by atoms with van der Waals surface area (Å²) < 4.78 is 17.2. The van der Waals surface area contributed by atoms with Gasteiger partial charge in [0.25, 0.3) is 0 Å². The molecule has 0 bridgehead atoms. The third kappa shape index (κ3) is 43.8. The summed E-state index contributed by atoms with van der Waals surface area (Å²) in [5.74, 6) is -1.78. The third-order valence-electron chi connectivity index (χ3n) is 11.1. The molecule has 0 amide bonds. The molecule has 0 fully saturated rings. The molecule has 0 heterocycles. The molecular weight excluding hydrogens is 787 g/mol. The highest BCUT2D eigenvalue weighted by Crippen LogP contribution is 2.13. The lowest BCUT2D eigenvalue weighted by Gasteiger charge is -2.34. The van der Waals surface area contributed by atoms with Crippen molar-refractivity contribution in [2.45, 2.75) is 219 Å². The number of carboxylic acids is 1. The monoisotopic (exact) mass is 882 g/mol. The molecule has 0 saturated heterocycles. The largest absolute Gasteiger partial charge is 0.544 e. The number of hydrogen-bond acceptors (Lipinski definition) is 7. The first-order valence-electron chi connectivity index (χ1n) is 25.5. The minimum Gasteiger partial charge on any atom is -0.544 e. The Kier molecular flexibility index (Phi) is 43.0. The number of rotatable bonds is 45. The summed E-state index contributed by atoms with van der Waals surface area (Å²) in [6, 6.07) is -0.736. The number of likely N-dealkylation sites (N-methyl/N-ethyl adjacent to an activating group) is 1. The van der Waals surface area contributed by atoms with E-state index in [2.05, 4.69) is 86.8 Å². The average Bonchev–Trinajstić information content (AvgIpc) is 3.24. The Balaban J connectivity index is 4.34. The minimum absolute atomic E-state index is 0.0250. The predicted molar refractivity (Wildman–Crippen MR) is 263 cm³/mol. The molecule has 0 rings (SSSR count). The van der Waals surface area contributed by atoms with E-state index in [0.717, 1.165) is 103 Å². The second-order valence-electron chi connectivity index (χ2n) is 18.1. The Morgan fingerprint density at radius 1 is 0.492 bits per heavy atom. The molecule has 0 aliphatic rings. The van der Waals surface area contributed by atoms with E-state index >= 15 is 0 Å².